The largest absolute Gasteiger partial charge is 0.458 e. The summed E-state index contributed by atoms with van der Waals surface area (Å²) in [6.07, 6.45) is 2.27. The zero-order valence-electron chi connectivity index (χ0n) is 57.7. The fourth-order valence-corrected chi connectivity index (χ4v) is 18.7. The van der Waals surface area contributed by atoms with Crippen LogP contribution in [0.3, 0.4) is 0 Å². The van der Waals surface area contributed by atoms with Gasteiger partial charge in [-0.15, -0.1) is 11.3 Å². The van der Waals surface area contributed by atoms with Crippen molar-refractivity contribution in [3.8, 4) is 11.5 Å². The molecule has 18 rings (SSSR count). The van der Waals surface area contributed by atoms with Crippen LogP contribution in [0.25, 0.3) is 10.1 Å². The van der Waals surface area contributed by atoms with E-state index in [1.54, 1.807) is 0 Å². The molecule has 12 aromatic carbocycles. The molecule has 476 valence electrons. The number of ether oxygens (including phenoxy) is 1. The summed E-state index contributed by atoms with van der Waals surface area (Å²) < 4.78 is 10.1. The van der Waals surface area contributed by atoms with Crippen molar-refractivity contribution in [3.63, 3.8) is 0 Å². The third kappa shape index (κ3) is 9.07. The van der Waals surface area contributed by atoms with Crippen LogP contribution >= 0.6 is 11.3 Å². The first-order valence-electron chi connectivity index (χ1n) is 34.8. The molecule has 0 radical (unpaired) electrons. The second kappa shape index (κ2) is 22.3. The molecule has 0 spiro atoms. The van der Waals surface area contributed by atoms with Gasteiger partial charge in [-0.05, 0) is 235 Å². The number of benzene rings is 12. The Hall–Kier alpha value is -10.5. The van der Waals surface area contributed by atoms with Crippen molar-refractivity contribution < 1.29 is 4.74 Å². The molecule has 6 nitrogen and oxygen atoms in total. The Bertz CT molecular complexity index is 5440. The molecule has 1 aromatic heterocycles. The Labute approximate surface area is 581 Å². The van der Waals surface area contributed by atoms with E-state index in [9.17, 15) is 0 Å². The summed E-state index contributed by atoms with van der Waals surface area (Å²) in [6, 6.07) is 92.1. The number of nitrogens with zero attached hydrogens (tertiary/aromatic N) is 5. The van der Waals surface area contributed by atoms with Crippen molar-refractivity contribution in [1.82, 2.24) is 0 Å². The quantitative estimate of drug-likeness (QED) is 0.134. The van der Waals surface area contributed by atoms with Gasteiger partial charge in [0.1, 0.15) is 11.5 Å². The van der Waals surface area contributed by atoms with E-state index in [1.807, 2.05) is 11.3 Å². The van der Waals surface area contributed by atoms with Gasteiger partial charge in [-0.3, -0.25) is 0 Å². The van der Waals surface area contributed by atoms with Crippen LogP contribution in [0.5, 0.6) is 11.5 Å². The number of rotatable bonds is 9. The molecule has 0 unspecified atom stereocenters. The SMILES string of the molecule is Cc1ccc2sc3c(c2c1)N(c1ccc2c(c1)C(C)(C)CCC2(C)C)c1cc(N(c2ccccc2C)c2c(C)cccc2C)cc2c1B3c1cc3c(cc1N2c1ccccc1)N(c1ccccc1)c1cc(N(c2ccccc2C)c2c(C)cccc2C)cc2c1B3c1ccccc1O2. The highest BCUT2D eigenvalue weighted by atomic mass is 32.1. The summed E-state index contributed by atoms with van der Waals surface area (Å²) in [5.41, 5.74) is 34.5. The van der Waals surface area contributed by atoms with E-state index in [0.29, 0.717) is 0 Å². The van der Waals surface area contributed by atoms with Crippen LogP contribution in [0.15, 0.2) is 243 Å². The van der Waals surface area contributed by atoms with Gasteiger partial charge in [0, 0.05) is 77.8 Å². The van der Waals surface area contributed by atoms with Crippen molar-refractivity contribution in [2.75, 3.05) is 24.5 Å². The van der Waals surface area contributed by atoms with Gasteiger partial charge in [-0.2, -0.15) is 0 Å². The van der Waals surface area contributed by atoms with Gasteiger partial charge >= 0.3 is 0 Å². The minimum absolute atomic E-state index is 0.0283. The van der Waals surface area contributed by atoms with E-state index in [2.05, 4.69) is 343 Å². The molecule has 9 heteroatoms. The summed E-state index contributed by atoms with van der Waals surface area (Å²) in [4.78, 5) is 13.0. The molecular weight excluding hydrogens is 1210 g/mol. The first kappa shape index (κ1) is 60.0. The first-order valence-corrected chi connectivity index (χ1v) is 35.7. The number of fused-ring (bicyclic) bond motifs is 11. The van der Waals surface area contributed by atoms with Crippen LogP contribution in [0.2, 0.25) is 0 Å². The highest BCUT2D eigenvalue weighted by molar-refractivity contribution is 7.33. The van der Waals surface area contributed by atoms with Crippen molar-refractivity contribution >= 4 is 152 Å². The average molecular weight is 1290 g/mol. The van der Waals surface area contributed by atoms with Crippen molar-refractivity contribution in [1.29, 1.82) is 0 Å². The molecule has 0 saturated carbocycles. The van der Waals surface area contributed by atoms with Gasteiger partial charge < -0.3 is 29.2 Å². The maximum atomic E-state index is 7.43. The Kier molecular flexibility index (Phi) is 13.6. The number of hydrogen-bond acceptors (Lipinski definition) is 7. The lowest BCUT2D eigenvalue weighted by Crippen LogP contribution is -2.64. The predicted octanol–water partition coefficient (Wildman–Crippen LogP) is 20.8. The smallest absolute Gasteiger partial charge is 0.264 e. The lowest BCUT2D eigenvalue weighted by atomic mass is 9.31. The fraction of sp³-hybridized carbons (Fsp3) is 0.169. The minimum Gasteiger partial charge on any atom is -0.458 e. The van der Waals surface area contributed by atoms with E-state index < -0.39 is 0 Å². The summed E-state index contributed by atoms with van der Waals surface area (Å²) >= 11 is 1.97. The fourth-order valence-electron chi connectivity index (χ4n) is 17.4. The molecule has 5 aliphatic rings. The van der Waals surface area contributed by atoms with Crippen LogP contribution in [-0.2, 0) is 10.8 Å². The molecule has 13 aromatic rings. The summed E-state index contributed by atoms with van der Waals surface area (Å²) in [7, 11) is 0. The summed E-state index contributed by atoms with van der Waals surface area (Å²) in [6.45, 7) is 25.3. The standard InChI is InChI=1S/C89H77B2N5OS/c1-54-40-43-81-66(46-54)86-87(98-81)91-71-52-70-74(93(62-34-16-13-17-35-62)78-50-65(51-80-83(78)90(70)69-36-20-23-39-79(69)97-80)96(73-38-22-19-27-56(73)3)85-59(6)30-25-31-60(85)7)53-75(71)92(61-32-14-12-15-33-61)76-48-64(95(72-37-21-18-26-55(72)2)84-57(4)28-24-29-58(84)5)49-77(82(76)91)94(86)63-41-42-67-68(47-63)89(10,11)45-44-88(67,8)9/h12-43,46-53H,44-45H2,1-11H3. The van der Waals surface area contributed by atoms with E-state index in [-0.39, 0.29) is 24.3 Å². The van der Waals surface area contributed by atoms with Gasteiger partial charge in [0.05, 0.1) is 28.4 Å². The normalized spacial score (nSPS) is 14.7. The topological polar surface area (TPSA) is 25.4 Å². The predicted molar refractivity (Wildman–Crippen MR) is 420 cm³/mol. The number of anilines is 15. The third-order valence-corrected chi connectivity index (χ3v) is 23.5. The van der Waals surface area contributed by atoms with Crippen molar-refractivity contribution in [2.45, 2.75) is 99.8 Å². The van der Waals surface area contributed by atoms with E-state index in [4.69, 9.17) is 4.74 Å². The van der Waals surface area contributed by atoms with Crippen LogP contribution < -0.4 is 61.3 Å². The Morgan fingerprint density at radius 2 is 0.878 bits per heavy atom. The van der Waals surface area contributed by atoms with Gasteiger partial charge in [-0.1, -0.05) is 179 Å². The minimum atomic E-state index is -0.187. The Morgan fingerprint density at radius 1 is 0.378 bits per heavy atom. The van der Waals surface area contributed by atoms with Crippen molar-refractivity contribution in [3.05, 3.63) is 293 Å². The molecule has 4 aliphatic heterocycles. The molecular formula is C89H77B2N5OS. The summed E-state index contributed by atoms with van der Waals surface area (Å²) in [5, 5.41) is 1.28. The Morgan fingerprint density at radius 3 is 1.47 bits per heavy atom. The number of hydrogen-bond donors (Lipinski definition) is 0. The maximum absolute atomic E-state index is 7.43. The second-order valence-corrected chi connectivity index (χ2v) is 30.5. The van der Waals surface area contributed by atoms with E-state index in [1.165, 1.54) is 104 Å². The molecule has 1 aliphatic carbocycles. The zero-order chi connectivity index (χ0) is 66.8. The van der Waals surface area contributed by atoms with Crippen LogP contribution in [-0.4, -0.2) is 13.4 Å². The lowest BCUT2D eigenvalue weighted by molar-refractivity contribution is 0.332. The van der Waals surface area contributed by atoms with Crippen LogP contribution in [0, 0.1) is 48.5 Å². The number of thiophene rings is 1. The van der Waals surface area contributed by atoms with Gasteiger partial charge in [0.25, 0.3) is 13.4 Å². The van der Waals surface area contributed by atoms with Gasteiger partial charge in [0.2, 0.25) is 0 Å². The van der Waals surface area contributed by atoms with Crippen LogP contribution in [0.1, 0.15) is 90.6 Å². The molecule has 0 saturated heterocycles. The second-order valence-electron chi connectivity index (χ2n) is 29.5. The van der Waals surface area contributed by atoms with Gasteiger partial charge in [-0.25, -0.2) is 0 Å². The molecule has 0 atom stereocenters. The molecule has 0 fully saturated rings. The molecule has 0 N–H and O–H groups in total. The highest BCUT2D eigenvalue weighted by Gasteiger charge is 2.50. The molecule has 0 amide bonds. The molecule has 5 heterocycles. The van der Waals surface area contributed by atoms with E-state index >= 15 is 0 Å². The molecule has 98 heavy (non-hydrogen) atoms. The maximum Gasteiger partial charge on any atom is 0.264 e. The first-order chi connectivity index (χ1) is 47.5. The zero-order valence-corrected chi connectivity index (χ0v) is 58.5. The number of para-hydroxylation sites is 7. The number of aryl methyl sites for hydroxylation is 7. The Balaban J connectivity index is 0.978. The highest BCUT2D eigenvalue weighted by Crippen LogP contribution is 2.56. The monoisotopic (exact) mass is 1290 g/mol. The van der Waals surface area contributed by atoms with Crippen LogP contribution in [0.4, 0.5) is 85.3 Å². The van der Waals surface area contributed by atoms with E-state index in [0.717, 1.165) is 97.8 Å². The van der Waals surface area contributed by atoms with Gasteiger partial charge in [0.15, 0.2) is 0 Å². The lowest BCUT2D eigenvalue weighted by Gasteiger charge is -2.47. The summed E-state index contributed by atoms with van der Waals surface area (Å²) in [5.74, 6) is 1.73. The molecule has 0 bridgehead atoms. The van der Waals surface area contributed by atoms with Crippen molar-refractivity contribution in [2.24, 2.45) is 0 Å². The third-order valence-electron chi connectivity index (χ3n) is 22.3. The average Bonchev–Trinajstić information content (AvgIpc) is 1.10.